The third-order valence-corrected chi connectivity index (χ3v) is 5.40. The summed E-state index contributed by atoms with van der Waals surface area (Å²) in [5.41, 5.74) is 1.74. The number of aromatic nitrogens is 3. The highest BCUT2D eigenvalue weighted by atomic mass is 35.5. The molecule has 0 bridgehead atoms. The molecule has 3 amide bonds. The maximum Gasteiger partial charge on any atom is 0.324 e. The van der Waals surface area contributed by atoms with E-state index in [0.29, 0.717) is 29.1 Å². The summed E-state index contributed by atoms with van der Waals surface area (Å²) in [6, 6.07) is 16.7. The molecule has 2 heterocycles. The van der Waals surface area contributed by atoms with E-state index in [0.717, 1.165) is 11.3 Å². The Morgan fingerprint density at radius 1 is 1.11 bits per heavy atom. The smallest absolute Gasteiger partial charge is 0.324 e. The summed E-state index contributed by atoms with van der Waals surface area (Å²) in [6.07, 6.45) is 0. The van der Waals surface area contributed by atoms with Crippen LogP contribution in [0.4, 0.5) is 4.79 Å². The summed E-state index contributed by atoms with van der Waals surface area (Å²) in [5.74, 6) is 0.497. The third-order valence-electron chi connectivity index (χ3n) is 4.23. The van der Waals surface area contributed by atoms with Gasteiger partial charge >= 0.3 is 6.03 Å². The van der Waals surface area contributed by atoms with Crippen LogP contribution in [0.25, 0.3) is 17.1 Å². The van der Waals surface area contributed by atoms with Gasteiger partial charge in [0.2, 0.25) is 5.91 Å². The Labute approximate surface area is 170 Å². The van der Waals surface area contributed by atoms with Crippen LogP contribution in [0, 0.1) is 0 Å². The van der Waals surface area contributed by atoms with Gasteiger partial charge in [-0.25, -0.2) is 4.79 Å². The van der Waals surface area contributed by atoms with Crippen LogP contribution in [-0.4, -0.2) is 50.4 Å². The molecule has 2 aromatic carbocycles. The summed E-state index contributed by atoms with van der Waals surface area (Å²) in [7, 11) is 0. The van der Waals surface area contributed by atoms with Crippen molar-refractivity contribution < 1.29 is 9.59 Å². The van der Waals surface area contributed by atoms with Crippen LogP contribution in [0.1, 0.15) is 0 Å². The van der Waals surface area contributed by atoms with Crippen molar-refractivity contribution in [1.29, 1.82) is 0 Å². The number of thioether (sulfide) groups is 1. The monoisotopic (exact) mass is 413 g/mol. The van der Waals surface area contributed by atoms with Crippen LogP contribution in [0.5, 0.6) is 0 Å². The number of benzene rings is 2. The molecule has 0 saturated carbocycles. The van der Waals surface area contributed by atoms with Gasteiger partial charge in [-0.3, -0.25) is 14.3 Å². The first-order valence-corrected chi connectivity index (χ1v) is 9.97. The summed E-state index contributed by atoms with van der Waals surface area (Å²) in [5, 5.41) is 12.4. The topological polar surface area (TPSA) is 80.1 Å². The van der Waals surface area contributed by atoms with E-state index in [1.807, 2.05) is 47.0 Å². The lowest BCUT2D eigenvalue weighted by atomic mass is 10.2. The quantitative estimate of drug-likeness (QED) is 0.649. The average molecular weight is 414 g/mol. The molecule has 1 aliphatic rings. The average Bonchev–Trinajstić information content (AvgIpc) is 3.34. The normalized spacial score (nSPS) is 13.6. The molecule has 9 heteroatoms. The number of amides is 3. The molecule has 0 atom stereocenters. The second-order valence-corrected chi connectivity index (χ2v) is 7.43. The predicted octanol–water partition coefficient (Wildman–Crippen LogP) is 3.23. The van der Waals surface area contributed by atoms with E-state index in [1.165, 1.54) is 16.7 Å². The minimum absolute atomic E-state index is 0.0912. The Morgan fingerprint density at radius 2 is 1.86 bits per heavy atom. The number of halogens is 1. The van der Waals surface area contributed by atoms with E-state index in [2.05, 4.69) is 15.5 Å². The van der Waals surface area contributed by atoms with Crippen LogP contribution in [0.2, 0.25) is 5.02 Å². The molecule has 0 aliphatic carbocycles. The molecule has 0 spiro atoms. The first-order valence-electron chi connectivity index (χ1n) is 8.61. The van der Waals surface area contributed by atoms with E-state index in [-0.39, 0.29) is 17.7 Å². The van der Waals surface area contributed by atoms with Crippen molar-refractivity contribution in [2.24, 2.45) is 0 Å². The molecule has 0 radical (unpaired) electrons. The van der Waals surface area contributed by atoms with Gasteiger partial charge in [-0.2, -0.15) is 0 Å². The number of hydrogen-bond acceptors (Lipinski definition) is 5. The van der Waals surface area contributed by atoms with Crippen molar-refractivity contribution in [3.63, 3.8) is 0 Å². The SMILES string of the molecule is O=C(CSc1nnc(-c2ccccc2)n1-c1ccc(Cl)cc1)N1CCNC1=O. The first-order chi connectivity index (χ1) is 13.6. The third kappa shape index (κ3) is 3.74. The Kier molecular flexibility index (Phi) is 5.31. The molecular weight excluding hydrogens is 398 g/mol. The standard InChI is InChI=1S/C19H16ClN5O2S/c20-14-6-8-15(9-7-14)25-17(13-4-2-1-3-5-13)22-23-19(25)28-12-16(26)24-11-10-21-18(24)27/h1-9H,10-12H2,(H,21,27). The molecule has 4 rings (SSSR count). The molecule has 0 unspecified atom stereocenters. The molecule has 142 valence electrons. The fraction of sp³-hybridized carbons (Fsp3) is 0.158. The van der Waals surface area contributed by atoms with Gasteiger partial charge in [0.15, 0.2) is 11.0 Å². The molecule has 7 nitrogen and oxygen atoms in total. The van der Waals surface area contributed by atoms with Gasteiger partial charge in [0.05, 0.1) is 5.75 Å². The summed E-state index contributed by atoms with van der Waals surface area (Å²) >= 11 is 7.27. The van der Waals surface area contributed by atoms with Crippen molar-refractivity contribution in [2.45, 2.75) is 5.16 Å². The van der Waals surface area contributed by atoms with Crippen molar-refractivity contribution in [1.82, 2.24) is 25.0 Å². The van der Waals surface area contributed by atoms with Crippen LogP contribution < -0.4 is 5.32 Å². The lowest BCUT2D eigenvalue weighted by Gasteiger charge is -2.13. The number of nitrogens with zero attached hydrogens (tertiary/aromatic N) is 4. The van der Waals surface area contributed by atoms with Crippen LogP contribution in [0.3, 0.4) is 0 Å². The van der Waals surface area contributed by atoms with E-state index in [4.69, 9.17) is 11.6 Å². The number of imide groups is 1. The van der Waals surface area contributed by atoms with E-state index >= 15 is 0 Å². The minimum atomic E-state index is -0.352. The van der Waals surface area contributed by atoms with Crippen LogP contribution >= 0.6 is 23.4 Å². The van der Waals surface area contributed by atoms with E-state index in [9.17, 15) is 9.59 Å². The highest BCUT2D eigenvalue weighted by Gasteiger charge is 2.27. The van der Waals surface area contributed by atoms with Crippen LogP contribution in [0.15, 0.2) is 59.8 Å². The van der Waals surface area contributed by atoms with Gasteiger partial charge in [0, 0.05) is 29.4 Å². The zero-order chi connectivity index (χ0) is 19.5. The van der Waals surface area contributed by atoms with Gasteiger partial charge in [0.25, 0.3) is 0 Å². The first kappa shape index (κ1) is 18.5. The highest BCUT2D eigenvalue weighted by molar-refractivity contribution is 7.99. The fourth-order valence-corrected chi connectivity index (χ4v) is 3.83. The minimum Gasteiger partial charge on any atom is -0.336 e. The zero-order valence-corrected chi connectivity index (χ0v) is 16.3. The van der Waals surface area contributed by atoms with Crippen molar-refractivity contribution >= 4 is 35.3 Å². The molecule has 1 aliphatic heterocycles. The Morgan fingerprint density at radius 3 is 2.54 bits per heavy atom. The number of rotatable bonds is 5. The molecule has 1 saturated heterocycles. The lowest BCUT2D eigenvalue weighted by Crippen LogP contribution is -2.35. The van der Waals surface area contributed by atoms with Gasteiger partial charge in [0.1, 0.15) is 0 Å². The number of carbonyl (C=O) groups excluding carboxylic acids is 2. The van der Waals surface area contributed by atoms with Gasteiger partial charge in [-0.15, -0.1) is 10.2 Å². The predicted molar refractivity (Wildman–Crippen MR) is 108 cm³/mol. The van der Waals surface area contributed by atoms with E-state index < -0.39 is 0 Å². The Balaban J connectivity index is 1.65. The number of hydrogen-bond donors (Lipinski definition) is 1. The fourth-order valence-electron chi connectivity index (χ4n) is 2.87. The molecular formula is C19H16ClN5O2S. The summed E-state index contributed by atoms with van der Waals surface area (Å²) in [4.78, 5) is 25.3. The van der Waals surface area contributed by atoms with Crippen molar-refractivity contribution in [3.05, 3.63) is 59.6 Å². The molecule has 1 fully saturated rings. The number of carbonyl (C=O) groups is 2. The molecule has 1 N–H and O–H groups in total. The second-order valence-electron chi connectivity index (χ2n) is 6.05. The number of urea groups is 1. The second kappa shape index (κ2) is 8.04. The maximum absolute atomic E-state index is 12.4. The van der Waals surface area contributed by atoms with Gasteiger partial charge in [-0.1, -0.05) is 53.7 Å². The van der Waals surface area contributed by atoms with E-state index in [1.54, 1.807) is 12.1 Å². The zero-order valence-electron chi connectivity index (χ0n) is 14.7. The molecule has 1 aromatic heterocycles. The maximum atomic E-state index is 12.4. The Bertz CT molecular complexity index is 1010. The highest BCUT2D eigenvalue weighted by Crippen LogP contribution is 2.28. The summed E-state index contributed by atoms with van der Waals surface area (Å²) in [6.45, 7) is 0.867. The van der Waals surface area contributed by atoms with Crippen LogP contribution in [-0.2, 0) is 4.79 Å². The molecule has 28 heavy (non-hydrogen) atoms. The van der Waals surface area contributed by atoms with Crippen molar-refractivity contribution in [2.75, 3.05) is 18.8 Å². The number of nitrogens with one attached hydrogen (secondary N) is 1. The Hall–Kier alpha value is -2.84. The van der Waals surface area contributed by atoms with Gasteiger partial charge in [-0.05, 0) is 24.3 Å². The van der Waals surface area contributed by atoms with Crippen molar-refractivity contribution in [3.8, 4) is 17.1 Å². The lowest BCUT2D eigenvalue weighted by molar-refractivity contribution is -0.124. The summed E-state index contributed by atoms with van der Waals surface area (Å²) < 4.78 is 1.88. The van der Waals surface area contributed by atoms with Gasteiger partial charge < -0.3 is 5.32 Å². The largest absolute Gasteiger partial charge is 0.336 e. The molecule has 3 aromatic rings.